The monoisotopic (exact) mass is 447 g/mol. The molecule has 170 valence electrons. The van der Waals surface area contributed by atoms with Gasteiger partial charge in [-0.3, -0.25) is 20.1 Å². The van der Waals surface area contributed by atoms with Gasteiger partial charge >= 0.3 is 0 Å². The van der Waals surface area contributed by atoms with Gasteiger partial charge in [-0.25, -0.2) is 9.38 Å². The number of rotatable bonds is 8. The summed E-state index contributed by atoms with van der Waals surface area (Å²) < 4.78 is 18.9. The fourth-order valence-electron chi connectivity index (χ4n) is 3.60. The maximum atomic E-state index is 13.1. The molecule has 2 aromatic carbocycles. The van der Waals surface area contributed by atoms with Crippen LogP contribution in [0, 0.1) is 11.7 Å². The maximum Gasteiger partial charge on any atom is 0.276 e. The van der Waals surface area contributed by atoms with Crippen molar-refractivity contribution in [1.82, 2.24) is 20.6 Å². The van der Waals surface area contributed by atoms with Gasteiger partial charge in [-0.2, -0.15) is 0 Å². The summed E-state index contributed by atoms with van der Waals surface area (Å²) >= 11 is 0. The summed E-state index contributed by atoms with van der Waals surface area (Å²) in [5.41, 5.74) is 3.58. The second-order valence-corrected chi connectivity index (χ2v) is 8.36. The molecule has 1 aliphatic rings. The van der Waals surface area contributed by atoms with E-state index < -0.39 is 0 Å². The molecular weight excluding hydrogens is 421 g/mol. The number of carbonyl (C=O) groups is 1. The Morgan fingerprint density at radius 3 is 2.61 bits per heavy atom. The van der Waals surface area contributed by atoms with Crippen LogP contribution in [0.25, 0.3) is 17.1 Å². The molecule has 0 spiro atoms. The summed E-state index contributed by atoms with van der Waals surface area (Å²) in [5, 5.41) is 6.07. The number of benzene rings is 2. The maximum absolute atomic E-state index is 13.1. The molecule has 0 fully saturated rings. The average Bonchev–Trinajstić information content (AvgIpc) is 3.13. The highest BCUT2D eigenvalue weighted by molar-refractivity contribution is 6.13. The van der Waals surface area contributed by atoms with Crippen molar-refractivity contribution in [2.45, 2.75) is 32.9 Å². The molecule has 0 bridgehead atoms. The van der Waals surface area contributed by atoms with E-state index in [0.717, 1.165) is 28.6 Å². The molecule has 2 heterocycles. The van der Waals surface area contributed by atoms with Gasteiger partial charge in [-0.05, 0) is 53.8 Å². The minimum Gasteiger partial charge on any atom is -0.375 e. The number of guanidine groups is 1. The third-order valence-corrected chi connectivity index (χ3v) is 5.09. The molecule has 3 aromatic rings. The zero-order chi connectivity index (χ0) is 23.2. The van der Waals surface area contributed by atoms with Crippen LogP contribution in [0.1, 0.15) is 31.4 Å². The number of amides is 1. The molecule has 2 N–H and O–H groups in total. The number of nitrogens with zero attached hydrogens (tertiary/aromatic N) is 3. The van der Waals surface area contributed by atoms with Gasteiger partial charge in [0, 0.05) is 12.4 Å². The van der Waals surface area contributed by atoms with Crippen molar-refractivity contribution in [1.29, 1.82) is 0 Å². The van der Waals surface area contributed by atoms with Gasteiger partial charge in [0.15, 0.2) is 0 Å². The molecule has 0 saturated carbocycles. The van der Waals surface area contributed by atoms with Crippen LogP contribution in [0.2, 0.25) is 0 Å². The van der Waals surface area contributed by atoms with Crippen LogP contribution in [-0.2, 0) is 16.1 Å². The van der Waals surface area contributed by atoms with Crippen molar-refractivity contribution in [3.8, 4) is 0 Å². The molecule has 1 unspecified atom stereocenters. The lowest BCUT2D eigenvalue weighted by atomic mass is 10.0. The van der Waals surface area contributed by atoms with Gasteiger partial charge in [-0.1, -0.05) is 32.0 Å². The first-order chi connectivity index (χ1) is 16.0. The zero-order valence-electron chi connectivity index (χ0n) is 18.6. The Bertz CT molecular complexity index is 1190. The van der Waals surface area contributed by atoms with Gasteiger partial charge in [0.1, 0.15) is 11.5 Å². The van der Waals surface area contributed by atoms with E-state index >= 15 is 0 Å². The van der Waals surface area contributed by atoms with Crippen LogP contribution in [0.3, 0.4) is 0 Å². The summed E-state index contributed by atoms with van der Waals surface area (Å²) in [6.07, 6.45) is 5.83. The quantitative estimate of drug-likeness (QED) is 0.513. The standard InChI is InChI=1S/C25H26FN5O2/c1-16(2)11-20(15-33-14-17-3-6-19(26)7-4-17)29-25-30-23(24(32)31-25)13-18-5-8-21-22(12-18)28-10-9-27-21/h3-10,12-13,16,20H,11,14-15H2,1-2H3,(H2,29,30,31,32)/b23-13-. The van der Waals surface area contributed by atoms with Crippen molar-refractivity contribution in [2.24, 2.45) is 10.9 Å². The zero-order valence-corrected chi connectivity index (χ0v) is 18.6. The molecule has 1 aliphatic heterocycles. The molecular formula is C25H26FN5O2. The second kappa shape index (κ2) is 10.3. The number of aliphatic imine (C=N–C) groups is 1. The van der Waals surface area contributed by atoms with Gasteiger partial charge in [0.05, 0.1) is 30.3 Å². The van der Waals surface area contributed by atoms with Gasteiger partial charge in [0.2, 0.25) is 5.96 Å². The molecule has 7 nitrogen and oxygen atoms in total. The molecule has 1 atom stereocenters. The van der Waals surface area contributed by atoms with E-state index in [-0.39, 0.29) is 17.8 Å². The largest absolute Gasteiger partial charge is 0.375 e. The molecule has 1 amide bonds. The summed E-state index contributed by atoms with van der Waals surface area (Å²) in [7, 11) is 0. The van der Waals surface area contributed by atoms with Crippen molar-refractivity contribution >= 4 is 29.0 Å². The smallest absolute Gasteiger partial charge is 0.276 e. The Hall–Kier alpha value is -3.65. The van der Waals surface area contributed by atoms with Crippen molar-refractivity contribution < 1.29 is 13.9 Å². The third kappa shape index (κ3) is 6.20. The third-order valence-electron chi connectivity index (χ3n) is 5.09. The predicted octanol–water partition coefficient (Wildman–Crippen LogP) is 3.82. The van der Waals surface area contributed by atoms with Gasteiger partial charge in [-0.15, -0.1) is 0 Å². The first-order valence-electron chi connectivity index (χ1n) is 10.9. The lowest BCUT2D eigenvalue weighted by Crippen LogP contribution is -2.45. The minimum absolute atomic E-state index is 0.0419. The van der Waals surface area contributed by atoms with E-state index in [1.165, 1.54) is 12.1 Å². The molecule has 0 aliphatic carbocycles. The number of ether oxygens (including phenoxy) is 1. The normalized spacial score (nSPS) is 15.7. The minimum atomic E-state index is -0.271. The lowest BCUT2D eigenvalue weighted by Gasteiger charge is -2.21. The Morgan fingerprint density at radius 1 is 1.09 bits per heavy atom. The summed E-state index contributed by atoms with van der Waals surface area (Å²) in [6.45, 7) is 5.05. The van der Waals surface area contributed by atoms with E-state index in [4.69, 9.17) is 4.74 Å². The molecule has 1 aromatic heterocycles. The molecule has 33 heavy (non-hydrogen) atoms. The highest BCUT2D eigenvalue weighted by atomic mass is 19.1. The second-order valence-electron chi connectivity index (χ2n) is 8.36. The van der Waals surface area contributed by atoms with Gasteiger partial charge in [0.25, 0.3) is 5.91 Å². The SMILES string of the molecule is CC(C)CC(COCc1ccc(F)cc1)NC1=N/C(=C\c2ccc3nccnc3c2)C(=O)N1. The van der Waals surface area contributed by atoms with Crippen LogP contribution in [-0.4, -0.2) is 34.5 Å². The predicted molar refractivity (Wildman–Crippen MR) is 126 cm³/mol. The molecule has 0 radical (unpaired) electrons. The average molecular weight is 448 g/mol. The fourth-order valence-corrected chi connectivity index (χ4v) is 3.60. The Labute approximate surface area is 191 Å². The van der Waals surface area contributed by atoms with E-state index in [1.807, 2.05) is 18.2 Å². The van der Waals surface area contributed by atoms with Crippen molar-refractivity contribution in [3.05, 3.63) is 77.5 Å². The number of halogens is 1. The van der Waals surface area contributed by atoms with Crippen LogP contribution in [0.5, 0.6) is 0 Å². The number of aromatic nitrogens is 2. The van der Waals surface area contributed by atoms with E-state index in [9.17, 15) is 9.18 Å². The van der Waals surface area contributed by atoms with Gasteiger partial charge < -0.3 is 10.1 Å². The van der Waals surface area contributed by atoms with Crippen LogP contribution in [0.4, 0.5) is 4.39 Å². The van der Waals surface area contributed by atoms with E-state index in [1.54, 1.807) is 30.6 Å². The highest BCUT2D eigenvalue weighted by Crippen LogP contribution is 2.16. The lowest BCUT2D eigenvalue weighted by molar-refractivity contribution is -0.115. The first-order valence-corrected chi connectivity index (χ1v) is 10.9. The number of nitrogens with one attached hydrogen (secondary N) is 2. The van der Waals surface area contributed by atoms with Crippen LogP contribution >= 0.6 is 0 Å². The summed E-state index contributed by atoms with van der Waals surface area (Å²) in [4.78, 5) is 25.5. The summed E-state index contributed by atoms with van der Waals surface area (Å²) in [6, 6.07) is 11.8. The number of carbonyl (C=O) groups excluding carboxylic acids is 1. The Balaban J connectivity index is 1.41. The van der Waals surface area contributed by atoms with Crippen LogP contribution in [0.15, 0.2) is 65.5 Å². The topological polar surface area (TPSA) is 88.5 Å². The molecule has 4 rings (SSSR count). The number of fused-ring (bicyclic) bond motifs is 1. The molecule has 8 heteroatoms. The van der Waals surface area contributed by atoms with Crippen LogP contribution < -0.4 is 10.6 Å². The summed E-state index contributed by atoms with van der Waals surface area (Å²) in [5.74, 6) is 0.284. The highest BCUT2D eigenvalue weighted by Gasteiger charge is 2.23. The Morgan fingerprint density at radius 2 is 1.85 bits per heavy atom. The van der Waals surface area contributed by atoms with Crippen molar-refractivity contribution in [3.63, 3.8) is 0 Å². The van der Waals surface area contributed by atoms with E-state index in [2.05, 4.69) is 39.4 Å². The number of hydrogen-bond donors (Lipinski definition) is 2. The van der Waals surface area contributed by atoms with Crippen molar-refractivity contribution in [2.75, 3.05) is 6.61 Å². The Kier molecular flexibility index (Phi) is 7.04. The fraction of sp³-hybridized carbons (Fsp3) is 0.280. The first kappa shape index (κ1) is 22.5. The molecule has 0 saturated heterocycles. The van der Waals surface area contributed by atoms with E-state index in [0.29, 0.717) is 30.8 Å². The number of hydrogen-bond acceptors (Lipinski definition) is 6.